The normalized spacial score (nSPS) is 10.8. The molecular formula is C17H12O3S. The summed E-state index contributed by atoms with van der Waals surface area (Å²) in [6.45, 7) is 1.81. The average molecular weight is 296 g/mol. The lowest BCUT2D eigenvalue weighted by atomic mass is 9.99. The molecule has 3 aromatic rings. The van der Waals surface area contributed by atoms with Gasteiger partial charge in [0.2, 0.25) is 0 Å². The van der Waals surface area contributed by atoms with Gasteiger partial charge < -0.3 is 4.42 Å². The molecule has 0 fully saturated rings. The molecule has 104 valence electrons. The zero-order chi connectivity index (χ0) is 15.0. The van der Waals surface area contributed by atoms with Crippen LogP contribution in [0.15, 0.2) is 62.6 Å². The van der Waals surface area contributed by atoms with E-state index in [1.807, 2.05) is 13.0 Å². The summed E-state index contributed by atoms with van der Waals surface area (Å²) in [6, 6.07) is 13.8. The summed E-state index contributed by atoms with van der Waals surface area (Å²) < 4.78 is 5.27. The minimum absolute atomic E-state index is 0.208. The summed E-state index contributed by atoms with van der Waals surface area (Å²) in [6.07, 6.45) is 0. The zero-order valence-electron chi connectivity index (χ0n) is 11.3. The minimum Gasteiger partial charge on any atom is -0.422 e. The number of carbonyl (C=O) groups excluding carboxylic acids is 1. The Bertz CT molecular complexity index is 895. The molecule has 0 unspecified atom stereocenters. The van der Waals surface area contributed by atoms with E-state index in [9.17, 15) is 9.59 Å². The molecule has 1 heterocycles. The second kappa shape index (κ2) is 5.22. The highest BCUT2D eigenvalue weighted by Crippen LogP contribution is 2.28. The second-order valence-electron chi connectivity index (χ2n) is 4.78. The first kappa shape index (κ1) is 13.6. The highest BCUT2D eigenvalue weighted by Gasteiger charge is 2.18. The number of hydrogen-bond acceptors (Lipinski definition) is 4. The molecule has 0 bridgehead atoms. The Hall–Kier alpha value is -2.33. The molecule has 0 N–H and O–H groups in total. The fourth-order valence-electron chi connectivity index (χ4n) is 2.33. The van der Waals surface area contributed by atoms with Gasteiger partial charge in [-0.3, -0.25) is 4.79 Å². The number of ketones is 1. The van der Waals surface area contributed by atoms with Crippen molar-refractivity contribution >= 4 is 29.4 Å². The first-order valence-electron chi connectivity index (χ1n) is 6.44. The van der Waals surface area contributed by atoms with Crippen molar-refractivity contribution in [2.45, 2.75) is 11.8 Å². The van der Waals surface area contributed by atoms with Crippen LogP contribution in [0.4, 0.5) is 0 Å². The number of fused-ring (bicyclic) bond motifs is 1. The fourth-order valence-corrected chi connectivity index (χ4v) is 2.60. The predicted molar refractivity (Wildman–Crippen MR) is 84.3 cm³/mol. The molecule has 0 atom stereocenters. The first-order valence-corrected chi connectivity index (χ1v) is 6.89. The van der Waals surface area contributed by atoms with Crippen molar-refractivity contribution < 1.29 is 9.21 Å². The SMILES string of the molecule is Cc1cc(=O)oc2c(C(=O)c3ccccc3)c(S)ccc12. The van der Waals surface area contributed by atoms with Crippen LogP contribution in [0, 0.1) is 6.92 Å². The molecule has 3 rings (SSSR count). The van der Waals surface area contributed by atoms with Crippen LogP contribution in [-0.2, 0) is 0 Å². The summed E-state index contributed by atoms with van der Waals surface area (Å²) in [7, 11) is 0. The molecule has 0 amide bonds. The van der Waals surface area contributed by atoms with Gasteiger partial charge in [0, 0.05) is 21.9 Å². The maximum Gasteiger partial charge on any atom is 0.336 e. The van der Waals surface area contributed by atoms with E-state index >= 15 is 0 Å². The van der Waals surface area contributed by atoms with Gasteiger partial charge in [0.05, 0.1) is 5.56 Å². The van der Waals surface area contributed by atoms with Gasteiger partial charge in [0.1, 0.15) is 0 Å². The van der Waals surface area contributed by atoms with Gasteiger partial charge in [0.25, 0.3) is 0 Å². The van der Waals surface area contributed by atoms with Crippen LogP contribution in [0.3, 0.4) is 0 Å². The smallest absolute Gasteiger partial charge is 0.336 e. The molecule has 0 saturated heterocycles. The maximum absolute atomic E-state index is 12.7. The number of hydrogen-bond donors (Lipinski definition) is 1. The van der Waals surface area contributed by atoms with Gasteiger partial charge in [-0.1, -0.05) is 30.3 Å². The third kappa shape index (κ3) is 2.38. The Morgan fingerprint density at radius 1 is 1.10 bits per heavy atom. The Kier molecular flexibility index (Phi) is 3.39. The lowest BCUT2D eigenvalue weighted by Gasteiger charge is -2.09. The van der Waals surface area contributed by atoms with Crippen LogP contribution in [0.1, 0.15) is 21.5 Å². The number of benzene rings is 2. The molecule has 21 heavy (non-hydrogen) atoms. The second-order valence-corrected chi connectivity index (χ2v) is 5.26. The molecule has 0 saturated carbocycles. The molecule has 1 aromatic heterocycles. The van der Waals surface area contributed by atoms with Crippen LogP contribution < -0.4 is 5.63 Å². The Morgan fingerprint density at radius 2 is 1.81 bits per heavy atom. The Morgan fingerprint density at radius 3 is 2.52 bits per heavy atom. The van der Waals surface area contributed by atoms with Gasteiger partial charge in [0.15, 0.2) is 11.4 Å². The van der Waals surface area contributed by atoms with E-state index in [2.05, 4.69) is 12.6 Å². The molecule has 0 aliphatic heterocycles. The Balaban J connectivity index is 2.34. The minimum atomic E-state index is -0.471. The fraction of sp³-hybridized carbons (Fsp3) is 0.0588. The van der Waals surface area contributed by atoms with Gasteiger partial charge in [-0.25, -0.2) is 4.79 Å². The van der Waals surface area contributed by atoms with E-state index in [-0.39, 0.29) is 5.78 Å². The molecule has 0 radical (unpaired) electrons. The molecule has 0 spiro atoms. The number of thiol groups is 1. The van der Waals surface area contributed by atoms with Crippen molar-refractivity contribution in [3.63, 3.8) is 0 Å². The number of aryl methyl sites for hydroxylation is 1. The summed E-state index contributed by atoms with van der Waals surface area (Å²) in [4.78, 5) is 24.8. The van der Waals surface area contributed by atoms with Crippen molar-refractivity contribution in [2.24, 2.45) is 0 Å². The molecular weight excluding hydrogens is 284 g/mol. The number of carbonyl (C=O) groups is 1. The maximum atomic E-state index is 12.7. The van der Waals surface area contributed by atoms with Crippen molar-refractivity contribution in [3.8, 4) is 0 Å². The first-order chi connectivity index (χ1) is 10.1. The van der Waals surface area contributed by atoms with E-state index in [1.54, 1.807) is 36.4 Å². The highest BCUT2D eigenvalue weighted by molar-refractivity contribution is 7.80. The Labute approximate surface area is 126 Å². The van der Waals surface area contributed by atoms with Gasteiger partial charge in [-0.15, -0.1) is 12.6 Å². The topological polar surface area (TPSA) is 47.3 Å². The van der Waals surface area contributed by atoms with Gasteiger partial charge in [-0.05, 0) is 24.6 Å². The lowest BCUT2D eigenvalue weighted by Crippen LogP contribution is -2.06. The third-order valence-electron chi connectivity index (χ3n) is 3.36. The average Bonchev–Trinajstić information content (AvgIpc) is 2.47. The molecule has 0 aliphatic carbocycles. The van der Waals surface area contributed by atoms with Gasteiger partial charge >= 0.3 is 5.63 Å². The van der Waals surface area contributed by atoms with Crippen LogP contribution >= 0.6 is 12.6 Å². The summed E-state index contributed by atoms with van der Waals surface area (Å²) >= 11 is 4.35. The summed E-state index contributed by atoms with van der Waals surface area (Å²) in [5, 5.41) is 0.742. The van der Waals surface area contributed by atoms with Crippen molar-refractivity contribution in [3.05, 3.63) is 75.6 Å². The van der Waals surface area contributed by atoms with Crippen LogP contribution in [-0.4, -0.2) is 5.78 Å². The van der Waals surface area contributed by atoms with Crippen molar-refractivity contribution in [1.82, 2.24) is 0 Å². The molecule has 4 heteroatoms. The largest absolute Gasteiger partial charge is 0.422 e. The standard InChI is InChI=1S/C17H12O3S/c1-10-9-14(18)20-17-12(10)7-8-13(21)15(17)16(19)11-5-3-2-4-6-11/h2-9,21H,1H3. The van der Waals surface area contributed by atoms with Crippen LogP contribution in [0.2, 0.25) is 0 Å². The third-order valence-corrected chi connectivity index (χ3v) is 3.73. The van der Waals surface area contributed by atoms with Crippen LogP contribution in [0.25, 0.3) is 11.0 Å². The highest BCUT2D eigenvalue weighted by atomic mass is 32.1. The monoisotopic (exact) mass is 296 g/mol. The molecule has 2 aromatic carbocycles. The van der Waals surface area contributed by atoms with E-state index < -0.39 is 5.63 Å². The van der Waals surface area contributed by atoms with Gasteiger partial charge in [-0.2, -0.15) is 0 Å². The van der Waals surface area contributed by atoms with E-state index in [4.69, 9.17) is 4.42 Å². The summed E-state index contributed by atoms with van der Waals surface area (Å²) in [5.41, 5.74) is 1.45. The quantitative estimate of drug-likeness (QED) is 0.446. The van der Waals surface area contributed by atoms with Crippen molar-refractivity contribution in [1.29, 1.82) is 0 Å². The van der Waals surface area contributed by atoms with Crippen molar-refractivity contribution in [2.75, 3.05) is 0 Å². The van der Waals surface area contributed by atoms with Crippen LogP contribution in [0.5, 0.6) is 0 Å². The lowest BCUT2D eigenvalue weighted by molar-refractivity contribution is 0.103. The van der Waals surface area contributed by atoms with E-state index in [0.29, 0.717) is 21.6 Å². The van der Waals surface area contributed by atoms with E-state index in [1.165, 1.54) is 6.07 Å². The number of rotatable bonds is 2. The molecule has 0 aliphatic rings. The zero-order valence-corrected chi connectivity index (χ0v) is 12.2. The summed E-state index contributed by atoms with van der Waals surface area (Å²) in [5.74, 6) is -0.208. The van der Waals surface area contributed by atoms with E-state index in [0.717, 1.165) is 10.9 Å². The predicted octanol–water partition coefficient (Wildman–Crippen LogP) is 3.62. The molecule has 3 nitrogen and oxygen atoms in total.